The van der Waals surface area contributed by atoms with Crippen molar-refractivity contribution >= 4 is 0 Å². The average Bonchev–Trinajstić information content (AvgIpc) is 2.65. The zero-order valence-electron chi connectivity index (χ0n) is 7.14. The fraction of sp³-hybridized carbons (Fsp3) is 0.200. The van der Waals surface area contributed by atoms with E-state index in [0.29, 0.717) is 0 Å². The van der Waals surface area contributed by atoms with Crippen LogP contribution in [0.5, 0.6) is 0 Å². The number of imidazole rings is 1. The molecule has 3 nitrogen and oxygen atoms in total. The van der Waals surface area contributed by atoms with Crippen LogP contribution in [-0.2, 0) is 13.0 Å². The SMILES string of the molecule is c1cnc2c(c1)-c1nccn1CC2. The second kappa shape index (κ2) is 2.42. The first-order valence-corrected chi connectivity index (χ1v) is 4.40. The van der Waals surface area contributed by atoms with Crippen LogP contribution in [0, 0.1) is 0 Å². The van der Waals surface area contributed by atoms with E-state index in [0.717, 1.165) is 18.8 Å². The summed E-state index contributed by atoms with van der Waals surface area (Å²) in [7, 11) is 0. The fourth-order valence-corrected chi connectivity index (χ4v) is 1.80. The minimum absolute atomic E-state index is 0.999. The van der Waals surface area contributed by atoms with Crippen molar-refractivity contribution < 1.29 is 0 Å². The number of pyridine rings is 1. The van der Waals surface area contributed by atoms with Crippen molar-refractivity contribution in [3.05, 3.63) is 36.4 Å². The van der Waals surface area contributed by atoms with Crippen LogP contribution in [0.1, 0.15) is 5.69 Å². The van der Waals surface area contributed by atoms with Gasteiger partial charge in [0.1, 0.15) is 5.82 Å². The second-order valence-corrected chi connectivity index (χ2v) is 3.19. The van der Waals surface area contributed by atoms with Crippen LogP contribution in [0.15, 0.2) is 30.7 Å². The van der Waals surface area contributed by atoms with Crippen molar-refractivity contribution in [2.75, 3.05) is 0 Å². The number of aryl methyl sites for hydroxylation is 2. The molecule has 0 radical (unpaired) electrons. The summed E-state index contributed by atoms with van der Waals surface area (Å²) in [6.45, 7) is 0.999. The van der Waals surface area contributed by atoms with E-state index in [2.05, 4.69) is 20.6 Å². The molecular formula is C10H9N3. The molecule has 0 amide bonds. The van der Waals surface area contributed by atoms with Crippen molar-refractivity contribution in [3.63, 3.8) is 0 Å². The quantitative estimate of drug-likeness (QED) is 0.601. The van der Waals surface area contributed by atoms with Gasteiger partial charge >= 0.3 is 0 Å². The lowest BCUT2D eigenvalue weighted by atomic mass is 10.1. The highest BCUT2D eigenvalue weighted by Crippen LogP contribution is 2.25. The minimum atomic E-state index is 0.999. The summed E-state index contributed by atoms with van der Waals surface area (Å²) in [5.74, 6) is 1.05. The van der Waals surface area contributed by atoms with Crippen molar-refractivity contribution in [1.29, 1.82) is 0 Å². The van der Waals surface area contributed by atoms with Gasteiger partial charge in [0.2, 0.25) is 0 Å². The molecule has 1 aliphatic rings. The summed E-state index contributed by atoms with van der Waals surface area (Å²) in [5, 5.41) is 0. The van der Waals surface area contributed by atoms with Gasteiger partial charge in [0.15, 0.2) is 0 Å². The van der Waals surface area contributed by atoms with Gasteiger partial charge in [-0.1, -0.05) is 0 Å². The molecule has 0 spiro atoms. The molecule has 3 heteroatoms. The molecule has 13 heavy (non-hydrogen) atoms. The zero-order valence-corrected chi connectivity index (χ0v) is 7.14. The largest absolute Gasteiger partial charge is 0.331 e. The van der Waals surface area contributed by atoms with Crippen LogP contribution in [0.2, 0.25) is 0 Å². The van der Waals surface area contributed by atoms with E-state index in [1.807, 2.05) is 24.7 Å². The molecule has 64 valence electrons. The normalized spacial score (nSPS) is 13.5. The molecule has 0 saturated carbocycles. The topological polar surface area (TPSA) is 30.7 Å². The van der Waals surface area contributed by atoms with Gasteiger partial charge in [-0.3, -0.25) is 4.98 Å². The van der Waals surface area contributed by atoms with Crippen LogP contribution in [0.4, 0.5) is 0 Å². The Kier molecular flexibility index (Phi) is 1.27. The van der Waals surface area contributed by atoms with E-state index < -0.39 is 0 Å². The highest BCUT2D eigenvalue weighted by atomic mass is 15.1. The Morgan fingerprint density at radius 2 is 2.23 bits per heavy atom. The van der Waals surface area contributed by atoms with Gasteiger partial charge in [-0.05, 0) is 12.1 Å². The molecule has 0 bridgehead atoms. The summed E-state index contributed by atoms with van der Waals surface area (Å²) in [4.78, 5) is 8.67. The van der Waals surface area contributed by atoms with E-state index in [1.165, 1.54) is 11.3 Å². The molecule has 0 aromatic carbocycles. The summed E-state index contributed by atoms with van der Waals surface area (Å²) < 4.78 is 2.17. The Labute approximate surface area is 76.1 Å². The molecule has 0 unspecified atom stereocenters. The third-order valence-corrected chi connectivity index (χ3v) is 2.44. The first kappa shape index (κ1) is 6.83. The summed E-state index contributed by atoms with van der Waals surface area (Å²) >= 11 is 0. The lowest BCUT2D eigenvalue weighted by molar-refractivity contribution is 0.670. The zero-order chi connectivity index (χ0) is 8.67. The third-order valence-electron chi connectivity index (χ3n) is 2.44. The van der Waals surface area contributed by atoms with Crippen LogP contribution in [-0.4, -0.2) is 14.5 Å². The van der Waals surface area contributed by atoms with Gasteiger partial charge in [-0.15, -0.1) is 0 Å². The molecule has 2 aromatic heterocycles. The Morgan fingerprint density at radius 3 is 3.23 bits per heavy atom. The molecule has 0 N–H and O–H groups in total. The molecule has 0 fully saturated rings. The first-order chi connectivity index (χ1) is 6.45. The number of hydrogen-bond acceptors (Lipinski definition) is 2. The summed E-state index contributed by atoms with van der Waals surface area (Å²) in [6.07, 6.45) is 6.72. The summed E-state index contributed by atoms with van der Waals surface area (Å²) in [6, 6.07) is 4.05. The Morgan fingerprint density at radius 1 is 1.23 bits per heavy atom. The molecule has 2 aromatic rings. The highest BCUT2D eigenvalue weighted by molar-refractivity contribution is 5.59. The minimum Gasteiger partial charge on any atom is -0.331 e. The maximum atomic E-state index is 4.34. The van der Waals surface area contributed by atoms with Crippen LogP contribution in [0.3, 0.4) is 0 Å². The molecule has 0 atom stereocenters. The van der Waals surface area contributed by atoms with E-state index >= 15 is 0 Å². The van der Waals surface area contributed by atoms with E-state index in [9.17, 15) is 0 Å². The van der Waals surface area contributed by atoms with Crippen LogP contribution >= 0.6 is 0 Å². The number of fused-ring (bicyclic) bond motifs is 3. The Bertz CT molecular complexity index is 445. The van der Waals surface area contributed by atoms with Crippen molar-refractivity contribution in [2.45, 2.75) is 13.0 Å². The van der Waals surface area contributed by atoms with E-state index in [4.69, 9.17) is 0 Å². The molecule has 0 aliphatic carbocycles. The number of rotatable bonds is 0. The monoisotopic (exact) mass is 171 g/mol. The molecule has 3 heterocycles. The smallest absolute Gasteiger partial charge is 0.141 e. The highest BCUT2D eigenvalue weighted by Gasteiger charge is 2.16. The first-order valence-electron chi connectivity index (χ1n) is 4.40. The number of aromatic nitrogens is 3. The molecular weight excluding hydrogens is 162 g/mol. The van der Waals surface area contributed by atoms with Crippen LogP contribution in [0.25, 0.3) is 11.4 Å². The molecule has 1 aliphatic heterocycles. The van der Waals surface area contributed by atoms with Gasteiger partial charge in [-0.25, -0.2) is 4.98 Å². The average molecular weight is 171 g/mol. The molecule has 0 saturated heterocycles. The lowest BCUT2D eigenvalue weighted by Crippen LogP contribution is -2.11. The summed E-state index contributed by atoms with van der Waals surface area (Å²) in [5.41, 5.74) is 2.35. The number of hydrogen-bond donors (Lipinski definition) is 0. The van der Waals surface area contributed by atoms with E-state index in [1.54, 1.807) is 0 Å². The predicted molar refractivity (Wildman–Crippen MR) is 49.2 cm³/mol. The van der Waals surface area contributed by atoms with Crippen molar-refractivity contribution in [2.24, 2.45) is 0 Å². The van der Waals surface area contributed by atoms with E-state index in [-0.39, 0.29) is 0 Å². The Hall–Kier alpha value is -1.64. The second-order valence-electron chi connectivity index (χ2n) is 3.19. The maximum Gasteiger partial charge on any atom is 0.141 e. The van der Waals surface area contributed by atoms with Gasteiger partial charge in [0, 0.05) is 37.1 Å². The standard InChI is InChI=1S/C10H9N3/c1-2-8-9(11-4-1)3-6-13-7-5-12-10(8)13/h1-2,4-5,7H,3,6H2. The van der Waals surface area contributed by atoms with Crippen LogP contribution < -0.4 is 0 Å². The fourth-order valence-electron chi connectivity index (χ4n) is 1.80. The van der Waals surface area contributed by atoms with Crippen molar-refractivity contribution in [1.82, 2.24) is 14.5 Å². The number of nitrogens with zero attached hydrogens (tertiary/aromatic N) is 3. The lowest BCUT2D eigenvalue weighted by Gasteiger charge is -2.16. The maximum absolute atomic E-state index is 4.34. The van der Waals surface area contributed by atoms with Gasteiger partial charge < -0.3 is 4.57 Å². The Balaban J connectivity index is 2.30. The third kappa shape index (κ3) is 0.900. The van der Waals surface area contributed by atoms with Crippen molar-refractivity contribution in [3.8, 4) is 11.4 Å². The van der Waals surface area contributed by atoms with Gasteiger partial charge in [-0.2, -0.15) is 0 Å². The van der Waals surface area contributed by atoms with Gasteiger partial charge in [0.05, 0.1) is 5.69 Å². The predicted octanol–water partition coefficient (Wildman–Crippen LogP) is 1.50. The molecule has 3 rings (SSSR count). The van der Waals surface area contributed by atoms with Gasteiger partial charge in [0.25, 0.3) is 0 Å².